The first-order chi connectivity index (χ1) is 9.88. The van der Waals surface area contributed by atoms with Gasteiger partial charge in [-0.1, -0.05) is 0 Å². The van der Waals surface area contributed by atoms with Gasteiger partial charge in [-0.15, -0.1) is 0 Å². The lowest BCUT2D eigenvalue weighted by Crippen LogP contribution is -2.07. The third kappa shape index (κ3) is 3.32. The monoisotopic (exact) mass is 294 g/mol. The predicted molar refractivity (Wildman–Crippen MR) is 72.1 cm³/mol. The third-order valence-electron chi connectivity index (χ3n) is 2.80. The molecule has 0 aliphatic carbocycles. The summed E-state index contributed by atoms with van der Waals surface area (Å²) in [6.45, 7) is 1.61. The number of hydrogen-bond donors (Lipinski definition) is 1. The fraction of sp³-hybridized carbons (Fsp3) is 0.143. The van der Waals surface area contributed by atoms with Crippen molar-refractivity contribution in [1.82, 2.24) is 0 Å². The van der Waals surface area contributed by atoms with Crippen molar-refractivity contribution in [2.45, 2.75) is 13.0 Å². The van der Waals surface area contributed by atoms with Crippen LogP contribution in [-0.2, 0) is 0 Å². The van der Waals surface area contributed by atoms with E-state index >= 15 is 0 Å². The second-order valence-electron chi connectivity index (χ2n) is 4.44. The summed E-state index contributed by atoms with van der Waals surface area (Å²) in [5.74, 6) is -1.32. The third-order valence-corrected chi connectivity index (χ3v) is 2.80. The second kappa shape index (κ2) is 5.84. The molecule has 21 heavy (non-hydrogen) atoms. The minimum absolute atomic E-state index is 0.139. The number of halogens is 2. The van der Waals surface area contributed by atoms with Gasteiger partial charge in [0.2, 0.25) is 5.75 Å². The van der Waals surface area contributed by atoms with Crippen molar-refractivity contribution in [1.29, 1.82) is 0 Å². The van der Waals surface area contributed by atoms with Crippen LogP contribution in [0.5, 0.6) is 11.5 Å². The smallest absolute Gasteiger partial charge is 0.311 e. The standard InChI is InChI=1S/C14H12F2N2O3/c1-8(17)11-6-9(15)3-5-13(11)21-14-7-10(16)2-4-12(14)18(19)20/h2-8H,17H2,1H3. The van der Waals surface area contributed by atoms with Gasteiger partial charge in [0.15, 0.2) is 0 Å². The lowest BCUT2D eigenvalue weighted by atomic mass is 10.1. The highest BCUT2D eigenvalue weighted by Crippen LogP contribution is 2.35. The van der Waals surface area contributed by atoms with Gasteiger partial charge in [-0.25, -0.2) is 8.78 Å². The zero-order valence-electron chi connectivity index (χ0n) is 11.0. The summed E-state index contributed by atoms with van der Waals surface area (Å²) in [6, 6.07) is 5.90. The Kier molecular flexibility index (Phi) is 4.13. The van der Waals surface area contributed by atoms with Crippen LogP contribution in [0.1, 0.15) is 18.5 Å². The van der Waals surface area contributed by atoms with E-state index in [1.165, 1.54) is 12.1 Å². The van der Waals surface area contributed by atoms with Gasteiger partial charge in [0.1, 0.15) is 17.4 Å². The molecule has 2 rings (SSSR count). The van der Waals surface area contributed by atoms with Gasteiger partial charge < -0.3 is 10.5 Å². The molecule has 2 aromatic rings. The highest BCUT2D eigenvalue weighted by Gasteiger charge is 2.19. The van der Waals surface area contributed by atoms with Gasteiger partial charge in [-0.05, 0) is 31.2 Å². The number of nitro groups is 1. The summed E-state index contributed by atoms with van der Waals surface area (Å²) in [4.78, 5) is 10.2. The van der Waals surface area contributed by atoms with E-state index < -0.39 is 28.3 Å². The van der Waals surface area contributed by atoms with Crippen LogP contribution in [0.3, 0.4) is 0 Å². The van der Waals surface area contributed by atoms with Crippen molar-refractivity contribution < 1.29 is 18.4 Å². The van der Waals surface area contributed by atoms with Gasteiger partial charge >= 0.3 is 5.69 Å². The Balaban J connectivity index is 2.47. The molecule has 1 atom stereocenters. The van der Waals surface area contributed by atoms with Crippen molar-refractivity contribution >= 4 is 5.69 Å². The highest BCUT2D eigenvalue weighted by molar-refractivity contribution is 5.50. The summed E-state index contributed by atoms with van der Waals surface area (Å²) >= 11 is 0. The Morgan fingerprint density at radius 2 is 1.76 bits per heavy atom. The summed E-state index contributed by atoms with van der Waals surface area (Å²) in [7, 11) is 0. The van der Waals surface area contributed by atoms with Crippen molar-refractivity contribution in [2.24, 2.45) is 5.73 Å². The van der Waals surface area contributed by atoms with Crippen LogP contribution in [0.2, 0.25) is 0 Å². The lowest BCUT2D eigenvalue weighted by molar-refractivity contribution is -0.385. The van der Waals surface area contributed by atoms with E-state index in [1.54, 1.807) is 6.92 Å². The predicted octanol–water partition coefficient (Wildman–Crippen LogP) is 3.69. The first-order valence-electron chi connectivity index (χ1n) is 6.05. The normalized spacial score (nSPS) is 12.0. The highest BCUT2D eigenvalue weighted by atomic mass is 19.1. The molecule has 0 saturated heterocycles. The Morgan fingerprint density at radius 1 is 1.14 bits per heavy atom. The lowest BCUT2D eigenvalue weighted by Gasteiger charge is -2.14. The molecule has 0 spiro atoms. The van der Waals surface area contributed by atoms with E-state index in [2.05, 4.69) is 0 Å². The van der Waals surface area contributed by atoms with Crippen molar-refractivity contribution in [3.8, 4) is 11.5 Å². The Bertz CT molecular complexity index is 690. The summed E-state index contributed by atoms with van der Waals surface area (Å²) in [6.07, 6.45) is 0. The molecule has 2 aromatic carbocycles. The van der Waals surface area contributed by atoms with Crippen LogP contribution in [-0.4, -0.2) is 4.92 Å². The minimum Gasteiger partial charge on any atom is -0.450 e. The number of rotatable bonds is 4. The Hall–Kier alpha value is -2.54. The SMILES string of the molecule is CC(N)c1cc(F)ccc1Oc1cc(F)ccc1[N+](=O)[O-]. The summed E-state index contributed by atoms with van der Waals surface area (Å²) < 4.78 is 31.9. The number of hydrogen-bond acceptors (Lipinski definition) is 4. The molecule has 0 aliphatic rings. The maximum Gasteiger partial charge on any atom is 0.311 e. The molecule has 2 N–H and O–H groups in total. The molecular weight excluding hydrogens is 282 g/mol. The van der Waals surface area contributed by atoms with Crippen LogP contribution in [0.25, 0.3) is 0 Å². The molecule has 0 heterocycles. The van der Waals surface area contributed by atoms with E-state index in [0.717, 1.165) is 24.3 Å². The van der Waals surface area contributed by atoms with Gasteiger partial charge in [0, 0.05) is 23.7 Å². The molecule has 0 amide bonds. The van der Waals surface area contributed by atoms with E-state index in [4.69, 9.17) is 10.5 Å². The van der Waals surface area contributed by atoms with E-state index in [-0.39, 0.29) is 11.5 Å². The first kappa shape index (κ1) is 14.9. The Labute approximate surface area is 119 Å². The van der Waals surface area contributed by atoms with E-state index in [9.17, 15) is 18.9 Å². The molecule has 1 unspecified atom stereocenters. The maximum atomic E-state index is 13.2. The van der Waals surface area contributed by atoms with Crippen LogP contribution < -0.4 is 10.5 Å². The van der Waals surface area contributed by atoms with Gasteiger partial charge in [-0.2, -0.15) is 0 Å². The molecular formula is C14H12F2N2O3. The van der Waals surface area contributed by atoms with Gasteiger partial charge in [0.05, 0.1) is 4.92 Å². The molecule has 5 nitrogen and oxygen atoms in total. The molecule has 0 saturated carbocycles. The zero-order valence-corrected chi connectivity index (χ0v) is 11.0. The Morgan fingerprint density at radius 3 is 2.38 bits per heavy atom. The number of benzene rings is 2. The average molecular weight is 294 g/mol. The first-order valence-corrected chi connectivity index (χ1v) is 6.05. The molecule has 0 aliphatic heterocycles. The molecule has 110 valence electrons. The second-order valence-corrected chi connectivity index (χ2v) is 4.44. The van der Waals surface area contributed by atoms with E-state index in [0.29, 0.717) is 5.56 Å². The van der Waals surface area contributed by atoms with Crippen molar-refractivity contribution in [2.75, 3.05) is 0 Å². The molecule has 0 fully saturated rings. The average Bonchev–Trinajstić information content (AvgIpc) is 2.40. The molecule has 0 radical (unpaired) electrons. The number of ether oxygens (including phenoxy) is 1. The van der Waals surface area contributed by atoms with Crippen LogP contribution in [0.15, 0.2) is 36.4 Å². The van der Waals surface area contributed by atoms with Crippen molar-refractivity contribution in [3.05, 3.63) is 63.7 Å². The van der Waals surface area contributed by atoms with Gasteiger partial charge in [0.25, 0.3) is 0 Å². The molecule has 0 bridgehead atoms. The summed E-state index contributed by atoms with van der Waals surface area (Å²) in [5.41, 5.74) is 5.65. The van der Waals surface area contributed by atoms with Crippen LogP contribution in [0, 0.1) is 21.7 Å². The molecule has 7 heteroatoms. The molecule has 0 aromatic heterocycles. The largest absolute Gasteiger partial charge is 0.450 e. The summed E-state index contributed by atoms with van der Waals surface area (Å²) in [5, 5.41) is 10.9. The maximum absolute atomic E-state index is 13.2. The fourth-order valence-corrected chi connectivity index (χ4v) is 1.81. The number of nitrogens with zero attached hydrogens (tertiary/aromatic N) is 1. The number of nitrogens with two attached hydrogens (primary N) is 1. The quantitative estimate of drug-likeness (QED) is 0.689. The van der Waals surface area contributed by atoms with Crippen LogP contribution in [0.4, 0.5) is 14.5 Å². The topological polar surface area (TPSA) is 78.4 Å². The van der Waals surface area contributed by atoms with E-state index in [1.807, 2.05) is 0 Å². The number of nitro benzene ring substituents is 1. The minimum atomic E-state index is -0.691. The van der Waals surface area contributed by atoms with Gasteiger partial charge in [-0.3, -0.25) is 10.1 Å². The van der Waals surface area contributed by atoms with Crippen LogP contribution >= 0.6 is 0 Å². The fourth-order valence-electron chi connectivity index (χ4n) is 1.81. The zero-order chi connectivity index (χ0) is 15.6. The van der Waals surface area contributed by atoms with Crippen molar-refractivity contribution in [3.63, 3.8) is 0 Å².